The molecule has 20 heavy (non-hydrogen) atoms. The number of thiazole rings is 1. The number of rotatable bonds is 8. The summed E-state index contributed by atoms with van der Waals surface area (Å²) in [7, 11) is 1.73. The van der Waals surface area contributed by atoms with Gasteiger partial charge in [0.05, 0.1) is 17.3 Å². The molecule has 114 valence electrons. The van der Waals surface area contributed by atoms with Crippen LogP contribution in [0.4, 0.5) is 0 Å². The van der Waals surface area contributed by atoms with Gasteiger partial charge in [-0.1, -0.05) is 6.92 Å². The molecule has 1 aromatic heterocycles. The zero-order chi connectivity index (χ0) is 14.2. The molecule has 1 fully saturated rings. The number of hydrogen-bond donors (Lipinski definition) is 1. The Morgan fingerprint density at radius 2 is 2.45 bits per heavy atom. The van der Waals surface area contributed by atoms with E-state index in [1.54, 1.807) is 18.4 Å². The first-order valence-electron chi connectivity index (χ1n) is 7.63. The second-order valence-electron chi connectivity index (χ2n) is 5.70. The van der Waals surface area contributed by atoms with Gasteiger partial charge in [-0.3, -0.25) is 0 Å². The summed E-state index contributed by atoms with van der Waals surface area (Å²) >= 11 is 1.79. The van der Waals surface area contributed by atoms with E-state index in [2.05, 4.69) is 22.5 Å². The number of ether oxygens (including phenoxy) is 1. The minimum atomic E-state index is 0.754. The van der Waals surface area contributed by atoms with Crippen molar-refractivity contribution in [1.29, 1.82) is 0 Å². The van der Waals surface area contributed by atoms with E-state index in [1.165, 1.54) is 30.9 Å². The lowest BCUT2D eigenvalue weighted by Gasteiger charge is -2.30. The Morgan fingerprint density at radius 3 is 3.25 bits per heavy atom. The van der Waals surface area contributed by atoms with Crippen LogP contribution in [-0.2, 0) is 17.7 Å². The molecule has 1 aliphatic rings. The van der Waals surface area contributed by atoms with E-state index in [-0.39, 0.29) is 0 Å². The predicted molar refractivity (Wildman–Crippen MR) is 84.2 cm³/mol. The fourth-order valence-electron chi connectivity index (χ4n) is 2.68. The summed E-state index contributed by atoms with van der Waals surface area (Å²) in [6.45, 7) is 8.53. The van der Waals surface area contributed by atoms with Crippen molar-refractivity contribution in [3.05, 3.63) is 16.1 Å². The molecule has 0 radical (unpaired) electrons. The van der Waals surface area contributed by atoms with E-state index in [0.29, 0.717) is 0 Å². The average molecular weight is 297 g/mol. The first-order valence-corrected chi connectivity index (χ1v) is 8.51. The average Bonchev–Trinajstić information content (AvgIpc) is 2.89. The number of hydrogen-bond acceptors (Lipinski definition) is 5. The number of methoxy groups -OCH3 is 1. The van der Waals surface area contributed by atoms with E-state index in [0.717, 1.165) is 44.3 Å². The molecule has 1 aromatic rings. The summed E-state index contributed by atoms with van der Waals surface area (Å²) < 4.78 is 5.01. The van der Waals surface area contributed by atoms with E-state index in [1.807, 2.05) is 0 Å². The topological polar surface area (TPSA) is 37.4 Å². The minimum absolute atomic E-state index is 0.754. The molecule has 1 aliphatic heterocycles. The number of nitrogens with zero attached hydrogens (tertiary/aromatic N) is 2. The van der Waals surface area contributed by atoms with Gasteiger partial charge in [0.15, 0.2) is 0 Å². The largest absolute Gasteiger partial charge is 0.383 e. The zero-order valence-corrected chi connectivity index (χ0v) is 13.5. The van der Waals surface area contributed by atoms with Crippen molar-refractivity contribution in [3.8, 4) is 0 Å². The van der Waals surface area contributed by atoms with Gasteiger partial charge in [-0.15, -0.1) is 11.3 Å². The molecular formula is C15H27N3OS. The molecule has 5 heteroatoms. The highest BCUT2D eigenvalue weighted by atomic mass is 32.1. The van der Waals surface area contributed by atoms with Gasteiger partial charge in [-0.2, -0.15) is 0 Å². The van der Waals surface area contributed by atoms with Crippen molar-refractivity contribution in [3.63, 3.8) is 0 Å². The molecule has 2 heterocycles. The van der Waals surface area contributed by atoms with E-state index in [4.69, 9.17) is 9.72 Å². The molecule has 1 saturated heterocycles. The summed E-state index contributed by atoms with van der Waals surface area (Å²) in [5.41, 5.74) is 1.16. The van der Waals surface area contributed by atoms with Gasteiger partial charge < -0.3 is 15.0 Å². The lowest BCUT2D eigenvalue weighted by atomic mass is 10.0. The molecule has 0 spiro atoms. The highest BCUT2D eigenvalue weighted by Gasteiger charge is 2.16. The monoisotopic (exact) mass is 297 g/mol. The van der Waals surface area contributed by atoms with Gasteiger partial charge in [0.25, 0.3) is 0 Å². The van der Waals surface area contributed by atoms with E-state index in [9.17, 15) is 0 Å². The molecule has 0 bridgehead atoms. The van der Waals surface area contributed by atoms with Crippen LogP contribution in [0.2, 0.25) is 0 Å². The van der Waals surface area contributed by atoms with Crippen LogP contribution in [-0.4, -0.2) is 49.8 Å². The second kappa shape index (κ2) is 8.72. The molecule has 1 N–H and O–H groups in total. The molecule has 0 aliphatic carbocycles. The Hall–Kier alpha value is -0.490. The van der Waals surface area contributed by atoms with Crippen molar-refractivity contribution >= 4 is 11.3 Å². The summed E-state index contributed by atoms with van der Waals surface area (Å²) in [5, 5.41) is 6.78. The van der Waals surface area contributed by atoms with Crippen LogP contribution < -0.4 is 5.32 Å². The Labute approximate surface area is 126 Å². The summed E-state index contributed by atoms with van der Waals surface area (Å²) in [4.78, 5) is 7.29. The maximum absolute atomic E-state index is 5.01. The maximum atomic E-state index is 5.01. The molecule has 1 atom stereocenters. The van der Waals surface area contributed by atoms with Crippen molar-refractivity contribution in [2.24, 2.45) is 5.92 Å². The van der Waals surface area contributed by atoms with Crippen molar-refractivity contribution in [1.82, 2.24) is 15.2 Å². The predicted octanol–water partition coefficient (Wildman–Crippen LogP) is 2.15. The quantitative estimate of drug-likeness (QED) is 0.746. The highest BCUT2D eigenvalue weighted by Crippen LogP contribution is 2.17. The van der Waals surface area contributed by atoms with Gasteiger partial charge in [-0.25, -0.2) is 4.98 Å². The third kappa shape index (κ3) is 5.48. The first kappa shape index (κ1) is 15.9. The van der Waals surface area contributed by atoms with Crippen LogP contribution in [0.15, 0.2) is 5.38 Å². The third-order valence-electron chi connectivity index (χ3n) is 3.77. The summed E-state index contributed by atoms with van der Waals surface area (Å²) in [6.07, 6.45) is 3.84. The highest BCUT2D eigenvalue weighted by molar-refractivity contribution is 7.09. The van der Waals surface area contributed by atoms with Gasteiger partial charge in [0, 0.05) is 45.1 Å². The molecule has 0 aromatic carbocycles. The molecular weight excluding hydrogens is 270 g/mol. The Kier molecular flexibility index (Phi) is 6.93. The van der Waals surface area contributed by atoms with Gasteiger partial charge in [0.1, 0.15) is 0 Å². The van der Waals surface area contributed by atoms with Crippen molar-refractivity contribution < 1.29 is 4.74 Å². The van der Waals surface area contributed by atoms with Crippen LogP contribution in [0.5, 0.6) is 0 Å². The minimum Gasteiger partial charge on any atom is -0.383 e. The molecule has 4 nitrogen and oxygen atoms in total. The van der Waals surface area contributed by atoms with Gasteiger partial charge >= 0.3 is 0 Å². The van der Waals surface area contributed by atoms with Crippen molar-refractivity contribution in [2.75, 3.05) is 39.9 Å². The van der Waals surface area contributed by atoms with E-state index >= 15 is 0 Å². The fraction of sp³-hybridized carbons (Fsp3) is 0.800. The van der Waals surface area contributed by atoms with Crippen LogP contribution >= 0.6 is 11.3 Å². The molecule has 2 rings (SSSR count). The Morgan fingerprint density at radius 1 is 1.55 bits per heavy atom. The van der Waals surface area contributed by atoms with E-state index < -0.39 is 0 Å². The molecule has 0 amide bonds. The molecule has 1 unspecified atom stereocenters. The number of piperidine rings is 1. The Balaban J connectivity index is 1.67. The number of nitrogens with one attached hydrogen (secondary N) is 1. The second-order valence-corrected chi connectivity index (χ2v) is 6.64. The van der Waals surface area contributed by atoms with Crippen molar-refractivity contribution in [2.45, 2.75) is 32.7 Å². The summed E-state index contributed by atoms with van der Waals surface area (Å²) in [5.74, 6) is 0.862. The Bertz CT molecular complexity index is 383. The standard InChI is InChI=1S/C15H27N3OS/c1-13-4-3-7-18(11-13)8-5-15-17-14(12-20-15)10-16-6-9-19-2/h12-13,16H,3-11H2,1-2H3. The number of aromatic nitrogens is 1. The smallest absolute Gasteiger partial charge is 0.0941 e. The SMILES string of the molecule is COCCNCc1csc(CCN2CCCC(C)C2)n1. The van der Waals surface area contributed by atoms with Crippen LogP contribution in [0.25, 0.3) is 0 Å². The summed E-state index contributed by atoms with van der Waals surface area (Å²) in [6, 6.07) is 0. The molecule has 0 saturated carbocycles. The normalized spacial score (nSPS) is 20.4. The fourth-order valence-corrected chi connectivity index (χ4v) is 3.47. The first-order chi connectivity index (χ1) is 9.78. The van der Waals surface area contributed by atoms with Gasteiger partial charge in [0.2, 0.25) is 0 Å². The van der Waals surface area contributed by atoms with Crippen LogP contribution in [0, 0.1) is 5.92 Å². The maximum Gasteiger partial charge on any atom is 0.0941 e. The lowest BCUT2D eigenvalue weighted by Crippen LogP contribution is -2.35. The number of likely N-dealkylation sites (tertiary alicyclic amines) is 1. The third-order valence-corrected chi connectivity index (χ3v) is 4.73. The van der Waals surface area contributed by atoms with Crippen LogP contribution in [0.1, 0.15) is 30.5 Å². The zero-order valence-electron chi connectivity index (χ0n) is 12.7. The lowest BCUT2D eigenvalue weighted by molar-refractivity contribution is 0.186. The van der Waals surface area contributed by atoms with Gasteiger partial charge in [-0.05, 0) is 25.3 Å². The van der Waals surface area contributed by atoms with Crippen LogP contribution in [0.3, 0.4) is 0 Å².